The van der Waals surface area contributed by atoms with Crippen molar-refractivity contribution in [2.75, 3.05) is 39.6 Å². The zero-order valence-electron chi connectivity index (χ0n) is 38.9. The Morgan fingerprint density at radius 1 is 0.421 bits per heavy atom. The predicted molar refractivity (Wildman–Crippen MR) is 239 cm³/mol. The molecule has 0 saturated heterocycles. The van der Waals surface area contributed by atoms with E-state index in [0.29, 0.717) is 12.8 Å². The van der Waals surface area contributed by atoms with Gasteiger partial charge in [0.2, 0.25) is 0 Å². The Bertz CT molecular complexity index is 1760. The zero-order valence-corrected chi connectivity index (χ0v) is 38.9. The van der Waals surface area contributed by atoms with Crippen LogP contribution >= 0.6 is 0 Å². The molecule has 0 atom stereocenters. The van der Waals surface area contributed by atoms with Gasteiger partial charge in [-0.25, -0.2) is 0 Å². The van der Waals surface area contributed by atoms with Crippen molar-refractivity contribution in [3.63, 3.8) is 0 Å². The van der Waals surface area contributed by atoms with Crippen molar-refractivity contribution in [2.45, 2.75) is 159 Å². The molecule has 320 valence electrons. The SMILES string of the molecule is Cc1cc(C(C)(C)CC(C)(C)C)cc(Cc2cc(C(C)(C)CC(C)(C)C)cc(Cc3cc(C(C)(C)CC(C)(C)C)ccc3OCCO)c2OCCO)c1OCCO. The first-order chi connectivity index (χ1) is 26.1. The highest BCUT2D eigenvalue weighted by molar-refractivity contribution is 5.55. The van der Waals surface area contributed by atoms with Crippen LogP contribution < -0.4 is 14.2 Å². The third-order valence-electron chi connectivity index (χ3n) is 10.7. The molecule has 57 heavy (non-hydrogen) atoms. The summed E-state index contributed by atoms with van der Waals surface area (Å²) in [6.45, 7) is 36.9. The number of benzene rings is 3. The van der Waals surface area contributed by atoms with Crippen molar-refractivity contribution in [1.29, 1.82) is 0 Å². The molecule has 3 aromatic carbocycles. The smallest absolute Gasteiger partial charge is 0.126 e. The van der Waals surface area contributed by atoms with E-state index in [1.54, 1.807) is 0 Å². The Hall–Kier alpha value is -3.06. The Kier molecular flexibility index (Phi) is 16.0. The van der Waals surface area contributed by atoms with Crippen molar-refractivity contribution in [3.05, 3.63) is 87.0 Å². The highest BCUT2D eigenvalue weighted by Crippen LogP contribution is 2.44. The lowest BCUT2D eigenvalue weighted by Crippen LogP contribution is -2.26. The second-order valence-corrected chi connectivity index (χ2v) is 22.2. The van der Waals surface area contributed by atoms with Gasteiger partial charge >= 0.3 is 0 Å². The molecular weight excluding hydrogens is 709 g/mol. The predicted octanol–water partition coefficient (Wildman–Crippen LogP) is 11.4. The summed E-state index contributed by atoms with van der Waals surface area (Å²) in [7, 11) is 0. The fraction of sp³-hybridized carbons (Fsp3) is 0.647. The zero-order chi connectivity index (χ0) is 43.2. The van der Waals surface area contributed by atoms with Crippen molar-refractivity contribution in [1.82, 2.24) is 0 Å². The Morgan fingerprint density at radius 2 is 0.772 bits per heavy atom. The minimum Gasteiger partial charge on any atom is -0.491 e. The van der Waals surface area contributed by atoms with E-state index >= 15 is 0 Å². The number of aliphatic hydroxyl groups is 3. The number of hydrogen-bond acceptors (Lipinski definition) is 6. The van der Waals surface area contributed by atoms with Gasteiger partial charge in [0.05, 0.1) is 19.8 Å². The third kappa shape index (κ3) is 14.3. The maximum atomic E-state index is 10.1. The number of ether oxygens (including phenoxy) is 3. The minimum absolute atomic E-state index is 0.0755. The van der Waals surface area contributed by atoms with Crippen LogP contribution in [-0.4, -0.2) is 55.0 Å². The molecule has 0 aliphatic carbocycles. The molecule has 6 nitrogen and oxygen atoms in total. The van der Waals surface area contributed by atoms with Crippen molar-refractivity contribution < 1.29 is 29.5 Å². The van der Waals surface area contributed by atoms with Crippen LogP contribution in [0, 0.1) is 23.2 Å². The summed E-state index contributed by atoms with van der Waals surface area (Å²) >= 11 is 0. The first kappa shape index (κ1) is 48.3. The summed E-state index contributed by atoms with van der Waals surface area (Å²) in [4.78, 5) is 0. The van der Waals surface area contributed by atoms with Gasteiger partial charge in [-0.3, -0.25) is 0 Å². The van der Waals surface area contributed by atoms with E-state index in [1.165, 1.54) is 16.7 Å². The average molecular weight is 789 g/mol. The van der Waals surface area contributed by atoms with Crippen LogP contribution in [0.3, 0.4) is 0 Å². The Balaban J connectivity index is 2.42. The van der Waals surface area contributed by atoms with Gasteiger partial charge in [0.15, 0.2) is 0 Å². The molecule has 3 N–H and O–H groups in total. The van der Waals surface area contributed by atoms with Crippen molar-refractivity contribution in [3.8, 4) is 17.2 Å². The molecule has 0 heterocycles. The molecule has 3 aromatic rings. The van der Waals surface area contributed by atoms with Crippen LogP contribution in [0.2, 0.25) is 0 Å². The second kappa shape index (κ2) is 18.9. The quantitative estimate of drug-likeness (QED) is 0.112. The van der Waals surface area contributed by atoms with Crippen LogP contribution in [0.5, 0.6) is 17.2 Å². The summed E-state index contributed by atoms with van der Waals surface area (Å²) in [5.74, 6) is 2.30. The molecule has 3 rings (SSSR count). The first-order valence-corrected chi connectivity index (χ1v) is 21.3. The molecule has 6 heteroatoms. The maximum absolute atomic E-state index is 10.1. The fourth-order valence-corrected chi connectivity index (χ4v) is 9.59. The number of hydrogen-bond donors (Lipinski definition) is 3. The number of rotatable bonds is 19. The highest BCUT2D eigenvalue weighted by Gasteiger charge is 2.32. The minimum atomic E-state index is -0.174. The lowest BCUT2D eigenvalue weighted by Gasteiger charge is -2.35. The highest BCUT2D eigenvalue weighted by atomic mass is 16.5. The van der Waals surface area contributed by atoms with Crippen LogP contribution in [0.25, 0.3) is 0 Å². The molecule has 0 saturated carbocycles. The lowest BCUT2D eigenvalue weighted by molar-refractivity contribution is 0.197. The molecule has 0 spiro atoms. The second-order valence-electron chi connectivity index (χ2n) is 22.2. The normalized spacial score (nSPS) is 13.2. The largest absolute Gasteiger partial charge is 0.491 e. The van der Waals surface area contributed by atoms with Crippen molar-refractivity contribution >= 4 is 0 Å². The van der Waals surface area contributed by atoms with Gasteiger partial charge in [0.25, 0.3) is 0 Å². The topological polar surface area (TPSA) is 88.4 Å². The monoisotopic (exact) mass is 789 g/mol. The van der Waals surface area contributed by atoms with Gasteiger partial charge in [-0.1, -0.05) is 140 Å². The van der Waals surface area contributed by atoms with E-state index in [4.69, 9.17) is 14.2 Å². The molecular formula is C51H80O6. The van der Waals surface area contributed by atoms with Crippen LogP contribution in [0.4, 0.5) is 0 Å². The molecule has 0 aliphatic heterocycles. The third-order valence-corrected chi connectivity index (χ3v) is 10.7. The number of aliphatic hydroxyl groups excluding tert-OH is 3. The van der Waals surface area contributed by atoms with Gasteiger partial charge in [-0.05, 0) is 109 Å². The van der Waals surface area contributed by atoms with Crippen LogP contribution in [-0.2, 0) is 29.1 Å². The summed E-state index contributed by atoms with van der Waals surface area (Å²) in [5.41, 5.74) is 8.89. The summed E-state index contributed by atoms with van der Waals surface area (Å²) < 4.78 is 19.2. The van der Waals surface area contributed by atoms with Gasteiger partial charge in [-0.15, -0.1) is 0 Å². The summed E-state index contributed by atoms with van der Waals surface area (Å²) in [6, 6.07) is 15.7. The Labute approximate surface area is 347 Å². The molecule has 0 aliphatic rings. The summed E-state index contributed by atoms with van der Waals surface area (Å²) in [6.07, 6.45) is 4.07. The van der Waals surface area contributed by atoms with Gasteiger partial charge in [0.1, 0.15) is 37.1 Å². The molecule has 0 radical (unpaired) electrons. The van der Waals surface area contributed by atoms with E-state index in [1.807, 2.05) is 0 Å². The maximum Gasteiger partial charge on any atom is 0.126 e. The molecule has 0 bridgehead atoms. The van der Waals surface area contributed by atoms with E-state index in [0.717, 1.165) is 64.3 Å². The van der Waals surface area contributed by atoms with E-state index in [-0.39, 0.29) is 72.1 Å². The van der Waals surface area contributed by atoms with Gasteiger partial charge in [0, 0.05) is 12.8 Å². The Morgan fingerprint density at radius 3 is 1.21 bits per heavy atom. The van der Waals surface area contributed by atoms with E-state index in [9.17, 15) is 15.3 Å². The standard InChI is InChI=1S/C51H80O6/c1-35-25-41(50(13,14)33-47(5,6)7)29-37(44(35)56-23-20-53)27-39-31-42(51(15,16)34-48(8,9)10)30-38(45(39)57-24-21-54)26-36-28-40(17-18-43(36)55-22-19-52)49(11,12)32-46(2,3)4/h17-18,25,28-31,52-54H,19-24,26-27,32-34H2,1-16H3. The van der Waals surface area contributed by atoms with Crippen LogP contribution in [0.15, 0.2) is 42.5 Å². The molecule has 0 fully saturated rings. The summed E-state index contributed by atoms with van der Waals surface area (Å²) in [5, 5.41) is 29.8. The van der Waals surface area contributed by atoms with Crippen molar-refractivity contribution in [2.24, 2.45) is 16.2 Å². The average Bonchev–Trinajstić information content (AvgIpc) is 3.03. The fourth-order valence-electron chi connectivity index (χ4n) is 9.59. The molecule has 0 aromatic heterocycles. The molecule has 0 amide bonds. The van der Waals surface area contributed by atoms with Gasteiger partial charge < -0.3 is 29.5 Å². The lowest BCUT2D eigenvalue weighted by atomic mass is 9.71. The van der Waals surface area contributed by atoms with E-state index in [2.05, 4.69) is 153 Å². The first-order valence-electron chi connectivity index (χ1n) is 21.3. The van der Waals surface area contributed by atoms with Gasteiger partial charge in [-0.2, -0.15) is 0 Å². The molecule has 0 unspecified atom stereocenters. The van der Waals surface area contributed by atoms with Crippen LogP contribution in [0.1, 0.15) is 168 Å². The number of aryl methyl sites for hydroxylation is 1. The van der Waals surface area contributed by atoms with E-state index < -0.39 is 0 Å².